The van der Waals surface area contributed by atoms with E-state index in [1.54, 1.807) is 17.1 Å². The summed E-state index contributed by atoms with van der Waals surface area (Å²) in [6.45, 7) is 5.51. The third kappa shape index (κ3) is 6.15. The molecule has 0 unspecified atom stereocenters. The van der Waals surface area contributed by atoms with Crippen molar-refractivity contribution in [3.05, 3.63) is 83.4 Å². The number of anilines is 2. The van der Waals surface area contributed by atoms with Crippen molar-refractivity contribution in [3.63, 3.8) is 0 Å². The lowest BCUT2D eigenvalue weighted by Gasteiger charge is -2.34. The van der Waals surface area contributed by atoms with Crippen molar-refractivity contribution in [2.45, 2.75) is 45.3 Å². The number of rotatable bonds is 9. The zero-order valence-corrected chi connectivity index (χ0v) is 23.5. The van der Waals surface area contributed by atoms with Gasteiger partial charge < -0.3 is 19.5 Å². The minimum absolute atomic E-state index is 0.0409. The first kappa shape index (κ1) is 28.9. The van der Waals surface area contributed by atoms with E-state index >= 15 is 0 Å². The number of carbonyl (C=O) groups is 1. The van der Waals surface area contributed by atoms with Gasteiger partial charge in [0.15, 0.2) is 0 Å². The van der Waals surface area contributed by atoms with E-state index in [-0.39, 0.29) is 35.4 Å². The van der Waals surface area contributed by atoms with Gasteiger partial charge in [-0.05, 0) is 61.5 Å². The van der Waals surface area contributed by atoms with Crippen LogP contribution in [0, 0.1) is 28.9 Å². The first-order chi connectivity index (χ1) is 20.3. The Morgan fingerprint density at radius 2 is 1.76 bits per heavy atom. The summed E-state index contributed by atoms with van der Waals surface area (Å²) < 4.78 is 41.1. The van der Waals surface area contributed by atoms with Crippen LogP contribution in [0.5, 0.6) is 11.5 Å². The zero-order valence-electron chi connectivity index (χ0n) is 23.5. The Balaban J connectivity index is 1.27. The topological polar surface area (TPSA) is 98.4 Å². The highest BCUT2D eigenvalue weighted by Crippen LogP contribution is 2.35. The molecule has 2 aliphatic heterocycles. The number of ether oxygens (including phenoxy) is 2. The number of nitrogens with zero attached hydrogens (tertiary/aromatic N) is 4. The van der Waals surface area contributed by atoms with Gasteiger partial charge in [-0.25, -0.2) is 8.78 Å². The SMILES string of the molecule is CCOc1ccc(F)c(N2CCC(Oc3ccc(N4N=C(c5ccc(C#N)cc5F)[C@@H](C)[C@@H]4CC(=O)O)cc3)CC2)c1. The number of hydrogen-bond donors (Lipinski definition) is 1. The van der Waals surface area contributed by atoms with Crippen molar-refractivity contribution < 1.29 is 28.2 Å². The maximum absolute atomic E-state index is 14.8. The van der Waals surface area contributed by atoms with Crippen molar-refractivity contribution in [1.29, 1.82) is 5.26 Å². The van der Waals surface area contributed by atoms with Gasteiger partial charge in [0.2, 0.25) is 0 Å². The van der Waals surface area contributed by atoms with Gasteiger partial charge in [-0.1, -0.05) is 6.92 Å². The van der Waals surface area contributed by atoms with Crippen molar-refractivity contribution in [2.24, 2.45) is 11.0 Å². The fourth-order valence-electron chi connectivity index (χ4n) is 5.53. The molecule has 42 heavy (non-hydrogen) atoms. The summed E-state index contributed by atoms with van der Waals surface area (Å²) in [6.07, 6.45) is 1.21. The van der Waals surface area contributed by atoms with Crippen molar-refractivity contribution in [3.8, 4) is 17.6 Å². The molecule has 0 aromatic heterocycles. The Morgan fingerprint density at radius 3 is 2.40 bits per heavy atom. The first-order valence-corrected chi connectivity index (χ1v) is 14.0. The number of hydrazone groups is 1. The van der Waals surface area contributed by atoms with Crippen LogP contribution in [0.15, 0.2) is 65.8 Å². The highest BCUT2D eigenvalue weighted by molar-refractivity contribution is 6.05. The molecule has 2 atom stereocenters. The lowest BCUT2D eigenvalue weighted by atomic mass is 9.90. The number of benzene rings is 3. The molecule has 0 saturated carbocycles. The molecule has 0 aliphatic carbocycles. The Labute approximate surface area is 243 Å². The summed E-state index contributed by atoms with van der Waals surface area (Å²) in [5.74, 6) is -0.906. The minimum atomic E-state index is -0.982. The van der Waals surface area contributed by atoms with Crippen LogP contribution in [0.1, 0.15) is 44.2 Å². The maximum Gasteiger partial charge on any atom is 0.305 e. The van der Waals surface area contributed by atoms with E-state index in [0.29, 0.717) is 61.1 Å². The fraction of sp³-hybridized carbons (Fsp3) is 0.344. The van der Waals surface area contributed by atoms with E-state index in [2.05, 4.69) is 5.10 Å². The number of piperidine rings is 1. The lowest BCUT2D eigenvalue weighted by molar-refractivity contribution is -0.137. The molecule has 2 heterocycles. The summed E-state index contributed by atoms with van der Waals surface area (Å²) in [4.78, 5) is 13.7. The third-order valence-corrected chi connectivity index (χ3v) is 7.71. The van der Waals surface area contributed by atoms with Crippen LogP contribution in [0.25, 0.3) is 0 Å². The van der Waals surface area contributed by atoms with E-state index < -0.39 is 17.8 Å². The van der Waals surface area contributed by atoms with E-state index in [4.69, 9.17) is 14.7 Å². The van der Waals surface area contributed by atoms with Gasteiger partial charge in [-0.3, -0.25) is 9.80 Å². The molecule has 2 aliphatic rings. The standard InChI is InChI=1S/C32H32F2N4O4/c1-3-41-25-9-11-27(33)30(17-25)37-14-12-24(13-15-37)42-23-7-5-22(6-8-23)38-29(18-31(39)40)20(2)32(36-38)26-10-4-21(19-35)16-28(26)34/h4-11,16-17,20,24,29H,3,12-15,18H2,1-2H3,(H,39,40)/t20-,29-/m0/s1. The van der Waals surface area contributed by atoms with E-state index in [1.165, 1.54) is 18.2 Å². The molecule has 0 spiro atoms. The lowest BCUT2D eigenvalue weighted by Crippen LogP contribution is -2.38. The minimum Gasteiger partial charge on any atom is -0.494 e. The molecule has 0 radical (unpaired) electrons. The van der Waals surface area contributed by atoms with Crippen LogP contribution in [0.4, 0.5) is 20.2 Å². The second kappa shape index (κ2) is 12.5. The van der Waals surface area contributed by atoms with Crippen molar-refractivity contribution >= 4 is 23.1 Å². The third-order valence-electron chi connectivity index (χ3n) is 7.71. The number of halogens is 2. The zero-order chi connectivity index (χ0) is 29.8. The largest absolute Gasteiger partial charge is 0.494 e. The monoisotopic (exact) mass is 574 g/mol. The molecule has 218 valence electrons. The molecule has 1 fully saturated rings. The van der Waals surface area contributed by atoms with Crippen molar-refractivity contribution in [1.82, 2.24) is 0 Å². The molecular weight excluding hydrogens is 542 g/mol. The molecule has 0 amide bonds. The summed E-state index contributed by atoms with van der Waals surface area (Å²) in [7, 11) is 0. The van der Waals surface area contributed by atoms with Gasteiger partial charge in [0.05, 0.1) is 47.8 Å². The Hall–Kier alpha value is -4.65. The molecular formula is C32H32F2N4O4. The molecule has 1 N–H and O–H groups in total. The number of nitriles is 1. The summed E-state index contributed by atoms with van der Waals surface area (Å²) in [5, 5.41) is 24.9. The highest BCUT2D eigenvalue weighted by atomic mass is 19.1. The summed E-state index contributed by atoms with van der Waals surface area (Å²) in [5.41, 5.74) is 2.06. The van der Waals surface area contributed by atoms with Crippen LogP contribution in [-0.4, -0.2) is 48.6 Å². The number of carboxylic acids is 1. The Morgan fingerprint density at radius 1 is 1.05 bits per heavy atom. The van der Waals surface area contributed by atoms with Gasteiger partial charge in [-0.15, -0.1) is 0 Å². The molecule has 1 saturated heterocycles. The summed E-state index contributed by atoms with van der Waals surface area (Å²) in [6, 6.07) is 17.6. The highest BCUT2D eigenvalue weighted by Gasteiger charge is 2.38. The van der Waals surface area contributed by atoms with Gasteiger partial charge >= 0.3 is 5.97 Å². The van der Waals surface area contributed by atoms with E-state index in [9.17, 15) is 18.7 Å². The molecule has 0 bridgehead atoms. The second-order valence-corrected chi connectivity index (χ2v) is 10.4. The number of carboxylic acid groups (broad SMARTS) is 1. The predicted molar refractivity (Wildman–Crippen MR) is 155 cm³/mol. The van der Waals surface area contributed by atoms with Gasteiger partial charge in [0.25, 0.3) is 0 Å². The van der Waals surface area contributed by atoms with Crippen LogP contribution < -0.4 is 19.4 Å². The van der Waals surface area contributed by atoms with E-state index in [1.807, 2.05) is 49.1 Å². The molecule has 10 heteroatoms. The van der Waals surface area contributed by atoms with Gasteiger partial charge in [-0.2, -0.15) is 10.4 Å². The fourth-order valence-corrected chi connectivity index (χ4v) is 5.53. The molecule has 8 nitrogen and oxygen atoms in total. The van der Waals surface area contributed by atoms with Crippen molar-refractivity contribution in [2.75, 3.05) is 29.6 Å². The van der Waals surface area contributed by atoms with E-state index in [0.717, 1.165) is 6.07 Å². The van der Waals surface area contributed by atoms with Gasteiger partial charge in [0, 0.05) is 43.5 Å². The van der Waals surface area contributed by atoms with Crippen LogP contribution >= 0.6 is 0 Å². The van der Waals surface area contributed by atoms with Crippen LogP contribution in [0.3, 0.4) is 0 Å². The first-order valence-electron chi connectivity index (χ1n) is 14.0. The Bertz CT molecular complexity index is 1510. The molecule has 3 aromatic carbocycles. The summed E-state index contributed by atoms with van der Waals surface area (Å²) >= 11 is 0. The molecule has 5 rings (SSSR count). The average Bonchev–Trinajstić information content (AvgIpc) is 3.29. The molecule has 3 aromatic rings. The normalized spacial score (nSPS) is 18.9. The number of hydrogen-bond acceptors (Lipinski definition) is 7. The Kier molecular flexibility index (Phi) is 8.57. The van der Waals surface area contributed by atoms with Crippen LogP contribution in [0.2, 0.25) is 0 Å². The maximum atomic E-state index is 14.8. The van der Waals surface area contributed by atoms with Gasteiger partial charge in [0.1, 0.15) is 29.2 Å². The quantitative estimate of drug-likeness (QED) is 0.335. The smallest absolute Gasteiger partial charge is 0.305 e. The predicted octanol–water partition coefficient (Wildman–Crippen LogP) is 5.99. The average molecular weight is 575 g/mol. The number of aliphatic carboxylic acids is 1. The second-order valence-electron chi connectivity index (χ2n) is 10.4. The van der Waals surface area contributed by atoms with Crippen LogP contribution in [-0.2, 0) is 4.79 Å².